The molecule has 0 spiro atoms. The smallest absolute Gasteiger partial charge is 0.340 e. The van der Waals surface area contributed by atoms with Crippen molar-refractivity contribution >= 4 is 22.7 Å². The van der Waals surface area contributed by atoms with Crippen LogP contribution in [-0.4, -0.2) is 18.0 Å². The summed E-state index contributed by atoms with van der Waals surface area (Å²) in [5.41, 5.74) is 1.79. The molecule has 1 amide bonds. The van der Waals surface area contributed by atoms with Crippen LogP contribution >= 0.6 is 0 Å². The van der Waals surface area contributed by atoms with Crippen LogP contribution in [0.25, 0.3) is 11.0 Å². The average Bonchev–Trinajstić information content (AvgIpc) is 2.60. The van der Waals surface area contributed by atoms with Crippen molar-refractivity contribution < 1.29 is 13.9 Å². The number of hydrogen-bond donors (Lipinski definition) is 1. The quantitative estimate of drug-likeness (QED) is 0.740. The average molecular weight is 338 g/mol. The van der Waals surface area contributed by atoms with Crippen molar-refractivity contribution in [3.8, 4) is 5.75 Å². The van der Waals surface area contributed by atoms with Gasteiger partial charge >= 0.3 is 5.63 Å². The molecular formula is C19H18N2O4. The lowest BCUT2D eigenvalue weighted by Gasteiger charge is -2.11. The van der Waals surface area contributed by atoms with Gasteiger partial charge < -0.3 is 14.5 Å². The van der Waals surface area contributed by atoms with Gasteiger partial charge in [0.1, 0.15) is 17.2 Å². The van der Waals surface area contributed by atoms with Crippen molar-refractivity contribution in [1.29, 1.82) is 0 Å². The third-order valence-corrected chi connectivity index (χ3v) is 4.14. The van der Waals surface area contributed by atoms with Gasteiger partial charge in [-0.2, -0.15) is 0 Å². The highest BCUT2D eigenvalue weighted by atomic mass is 16.5. The lowest BCUT2D eigenvalue weighted by atomic mass is 10.0. The second-order valence-electron chi connectivity index (χ2n) is 5.70. The largest absolute Gasteiger partial charge is 0.496 e. The molecule has 3 aromatic rings. The van der Waals surface area contributed by atoms with Gasteiger partial charge in [-0.15, -0.1) is 0 Å². The molecule has 0 saturated heterocycles. The molecule has 1 N–H and O–H groups in total. The highest BCUT2D eigenvalue weighted by Gasteiger charge is 2.17. The first kappa shape index (κ1) is 16.7. The Hall–Kier alpha value is -3.15. The van der Waals surface area contributed by atoms with Crippen LogP contribution < -0.4 is 15.7 Å². The van der Waals surface area contributed by atoms with E-state index in [0.717, 1.165) is 16.5 Å². The van der Waals surface area contributed by atoms with E-state index < -0.39 is 5.63 Å². The van der Waals surface area contributed by atoms with E-state index in [9.17, 15) is 9.59 Å². The molecule has 6 heteroatoms. The minimum atomic E-state index is -0.516. The molecular weight excluding hydrogens is 320 g/mol. The number of rotatable bonds is 4. The Morgan fingerprint density at radius 2 is 2.00 bits per heavy atom. The number of nitrogens with zero attached hydrogens (tertiary/aromatic N) is 1. The normalized spacial score (nSPS) is 10.7. The van der Waals surface area contributed by atoms with Crippen molar-refractivity contribution in [3.05, 3.63) is 63.6 Å². The van der Waals surface area contributed by atoms with E-state index in [1.165, 1.54) is 0 Å². The molecule has 128 valence electrons. The monoisotopic (exact) mass is 338 g/mol. The van der Waals surface area contributed by atoms with Crippen LogP contribution in [0.2, 0.25) is 0 Å². The second kappa shape index (κ2) is 6.76. The third-order valence-electron chi connectivity index (χ3n) is 4.14. The van der Waals surface area contributed by atoms with Gasteiger partial charge in [-0.1, -0.05) is 6.07 Å². The van der Waals surface area contributed by atoms with Gasteiger partial charge in [-0.3, -0.25) is 4.79 Å². The maximum absolute atomic E-state index is 12.4. The number of hydrogen-bond acceptors (Lipinski definition) is 5. The summed E-state index contributed by atoms with van der Waals surface area (Å²) >= 11 is 0. The summed E-state index contributed by atoms with van der Waals surface area (Å²) in [5, 5.41) is 3.46. The lowest BCUT2D eigenvalue weighted by molar-refractivity contribution is -0.115. The summed E-state index contributed by atoms with van der Waals surface area (Å²) in [6.45, 7) is 3.64. The first-order valence-electron chi connectivity index (χ1n) is 7.82. The van der Waals surface area contributed by atoms with E-state index in [0.29, 0.717) is 22.7 Å². The van der Waals surface area contributed by atoms with Gasteiger partial charge in [0.2, 0.25) is 5.91 Å². The molecule has 0 unspecified atom stereocenters. The zero-order valence-electron chi connectivity index (χ0n) is 14.3. The summed E-state index contributed by atoms with van der Waals surface area (Å²) in [6, 6.07) is 8.87. The number of anilines is 1. The molecule has 0 fully saturated rings. The van der Waals surface area contributed by atoms with E-state index in [1.54, 1.807) is 31.5 Å². The van der Waals surface area contributed by atoms with Gasteiger partial charge in [0.05, 0.1) is 19.1 Å². The topological polar surface area (TPSA) is 81.4 Å². The van der Waals surface area contributed by atoms with Gasteiger partial charge in [0, 0.05) is 17.1 Å². The number of nitrogens with one attached hydrogen (secondary N) is 1. The standard InChI is InChI=1S/C19H18N2O4/c1-11-13-7-8-15(24-3)12(2)18(13)25-19(23)14(11)10-17(22)21-16-6-4-5-9-20-16/h4-9H,10H2,1-3H3,(H,20,21,22). The molecule has 0 aliphatic heterocycles. The molecule has 0 aliphatic carbocycles. The maximum Gasteiger partial charge on any atom is 0.340 e. The van der Waals surface area contributed by atoms with E-state index in [1.807, 2.05) is 26.0 Å². The number of fused-ring (bicyclic) bond motifs is 1. The number of carbonyl (C=O) groups excluding carboxylic acids is 1. The first-order chi connectivity index (χ1) is 12.0. The summed E-state index contributed by atoms with van der Waals surface area (Å²) in [4.78, 5) is 28.7. The zero-order valence-corrected chi connectivity index (χ0v) is 14.3. The number of benzene rings is 1. The SMILES string of the molecule is COc1ccc2c(C)c(CC(=O)Nc3ccccn3)c(=O)oc2c1C. The maximum atomic E-state index is 12.4. The molecule has 25 heavy (non-hydrogen) atoms. The lowest BCUT2D eigenvalue weighted by Crippen LogP contribution is -2.21. The van der Waals surface area contributed by atoms with Crippen LogP contribution in [0.5, 0.6) is 5.75 Å². The number of aryl methyl sites for hydroxylation is 2. The molecule has 0 radical (unpaired) electrons. The Morgan fingerprint density at radius 3 is 2.68 bits per heavy atom. The number of ether oxygens (including phenoxy) is 1. The van der Waals surface area contributed by atoms with Crippen LogP contribution in [-0.2, 0) is 11.2 Å². The van der Waals surface area contributed by atoms with Crippen molar-refractivity contribution in [2.24, 2.45) is 0 Å². The van der Waals surface area contributed by atoms with Crippen molar-refractivity contribution in [3.63, 3.8) is 0 Å². The van der Waals surface area contributed by atoms with Gasteiger partial charge in [-0.05, 0) is 43.7 Å². The van der Waals surface area contributed by atoms with Crippen molar-refractivity contribution in [1.82, 2.24) is 4.98 Å². The number of methoxy groups -OCH3 is 1. The van der Waals surface area contributed by atoms with Crippen LogP contribution in [0.1, 0.15) is 16.7 Å². The third kappa shape index (κ3) is 3.24. The minimum absolute atomic E-state index is 0.0776. The van der Waals surface area contributed by atoms with Crippen LogP contribution in [0.3, 0.4) is 0 Å². The highest BCUT2D eigenvalue weighted by Crippen LogP contribution is 2.29. The number of carbonyl (C=O) groups is 1. The van der Waals surface area contributed by atoms with E-state index in [4.69, 9.17) is 9.15 Å². The molecule has 2 heterocycles. The fourth-order valence-electron chi connectivity index (χ4n) is 2.78. The fourth-order valence-corrected chi connectivity index (χ4v) is 2.78. The van der Waals surface area contributed by atoms with Gasteiger partial charge in [0.15, 0.2) is 0 Å². The van der Waals surface area contributed by atoms with Crippen LogP contribution in [0, 0.1) is 13.8 Å². The Bertz CT molecular complexity index is 994. The zero-order chi connectivity index (χ0) is 18.0. The van der Waals surface area contributed by atoms with Crippen LogP contribution in [0.15, 0.2) is 45.7 Å². The number of amides is 1. The molecule has 1 aromatic carbocycles. The van der Waals surface area contributed by atoms with Crippen molar-refractivity contribution in [2.75, 3.05) is 12.4 Å². The molecule has 0 saturated carbocycles. The van der Waals surface area contributed by atoms with E-state index in [-0.39, 0.29) is 12.3 Å². The Balaban J connectivity index is 1.97. The molecule has 0 aliphatic rings. The fraction of sp³-hybridized carbons (Fsp3) is 0.211. The molecule has 2 aromatic heterocycles. The molecule has 6 nitrogen and oxygen atoms in total. The highest BCUT2D eigenvalue weighted by molar-refractivity contribution is 5.93. The van der Waals surface area contributed by atoms with Gasteiger partial charge in [0.25, 0.3) is 0 Å². The van der Waals surface area contributed by atoms with E-state index >= 15 is 0 Å². The summed E-state index contributed by atoms with van der Waals surface area (Å²) < 4.78 is 10.7. The summed E-state index contributed by atoms with van der Waals surface area (Å²) in [5.74, 6) is 0.769. The number of pyridine rings is 1. The number of aromatic nitrogens is 1. The Kier molecular flexibility index (Phi) is 4.52. The summed E-state index contributed by atoms with van der Waals surface area (Å²) in [6.07, 6.45) is 1.51. The van der Waals surface area contributed by atoms with Crippen LogP contribution in [0.4, 0.5) is 5.82 Å². The van der Waals surface area contributed by atoms with E-state index in [2.05, 4.69) is 10.3 Å². The predicted molar refractivity (Wildman–Crippen MR) is 95.1 cm³/mol. The molecule has 0 bridgehead atoms. The first-order valence-corrected chi connectivity index (χ1v) is 7.82. The predicted octanol–water partition coefficient (Wildman–Crippen LogP) is 2.99. The molecule has 3 rings (SSSR count). The second-order valence-corrected chi connectivity index (χ2v) is 5.70. The Labute approximate surface area is 144 Å². The summed E-state index contributed by atoms with van der Waals surface area (Å²) in [7, 11) is 1.56. The Morgan fingerprint density at radius 1 is 1.20 bits per heavy atom. The van der Waals surface area contributed by atoms with Gasteiger partial charge in [-0.25, -0.2) is 9.78 Å². The van der Waals surface area contributed by atoms with Crippen molar-refractivity contribution in [2.45, 2.75) is 20.3 Å². The minimum Gasteiger partial charge on any atom is -0.496 e. The molecule has 0 atom stereocenters.